The van der Waals surface area contributed by atoms with Crippen molar-refractivity contribution in [2.24, 2.45) is 17.6 Å². The number of hydrogen-bond acceptors (Lipinski definition) is 5. The minimum atomic E-state index is -0.200. The summed E-state index contributed by atoms with van der Waals surface area (Å²) in [6.07, 6.45) is 7.30. The number of nitrogens with zero attached hydrogens (tertiary/aromatic N) is 2. The van der Waals surface area contributed by atoms with Gasteiger partial charge in [-0.05, 0) is 51.1 Å². The van der Waals surface area contributed by atoms with E-state index in [-0.39, 0.29) is 17.9 Å². The molecule has 23 heavy (non-hydrogen) atoms. The molecule has 2 saturated heterocycles. The van der Waals surface area contributed by atoms with E-state index in [2.05, 4.69) is 10.1 Å². The Balaban J connectivity index is 1.32. The number of carbonyl (C=O) groups is 1. The fourth-order valence-electron chi connectivity index (χ4n) is 4.13. The molecular weight excluding hydrogens is 294 g/mol. The quantitative estimate of drug-likeness (QED) is 0.892. The Hall–Kier alpha value is -1.40. The number of amides is 1. The molecule has 0 aromatic carbocycles. The summed E-state index contributed by atoms with van der Waals surface area (Å²) < 4.78 is 11.2. The third-order valence-electron chi connectivity index (χ3n) is 5.62. The molecule has 6 nitrogen and oxygen atoms in total. The fourth-order valence-corrected chi connectivity index (χ4v) is 4.13. The van der Waals surface area contributed by atoms with E-state index in [0.717, 1.165) is 44.7 Å². The van der Waals surface area contributed by atoms with Crippen molar-refractivity contribution in [3.63, 3.8) is 0 Å². The normalized spacial score (nSPS) is 29.9. The summed E-state index contributed by atoms with van der Waals surface area (Å²) in [6.45, 7) is 3.66. The zero-order valence-corrected chi connectivity index (χ0v) is 13.4. The topological polar surface area (TPSA) is 81.6 Å². The molecule has 6 heteroatoms. The number of aromatic nitrogens is 1. The van der Waals surface area contributed by atoms with Gasteiger partial charge in [0.05, 0.1) is 18.2 Å². The van der Waals surface area contributed by atoms with Gasteiger partial charge < -0.3 is 15.0 Å². The number of piperidine rings is 1. The van der Waals surface area contributed by atoms with Gasteiger partial charge in [0.2, 0.25) is 5.91 Å². The molecule has 1 aromatic heterocycles. The summed E-state index contributed by atoms with van der Waals surface area (Å²) in [5.41, 5.74) is 6.76. The minimum Gasteiger partial charge on any atom is -0.377 e. The summed E-state index contributed by atoms with van der Waals surface area (Å²) >= 11 is 0. The van der Waals surface area contributed by atoms with Gasteiger partial charge in [0.25, 0.3) is 0 Å². The van der Waals surface area contributed by atoms with E-state index in [1.165, 1.54) is 18.4 Å². The molecule has 1 saturated carbocycles. The molecule has 4 rings (SSSR count). The highest BCUT2D eigenvalue weighted by atomic mass is 16.5. The second-order valence-corrected chi connectivity index (χ2v) is 7.24. The highest BCUT2D eigenvalue weighted by Gasteiger charge is 2.39. The van der Waals surface area contributed by atoms with Crippen LogP contribution < -0.4 is 5.73 Å². The van der Waals surface area contributed by atoms with Crippen LogP contribution in [0.4, 0.5) is 0 Å². The van der Waals surface area contributed by atoms with Crippen LogP contribution in [0.5, 0.6) is 0 Å². The number of rotatable bonds is 5. The lowest BCUT2D eigenvalue weighted by Crippen LogP contribution is -2.41. The lowest BCUT2D eigenvalue weighted by atomic mass is 9.84. The van der Waals surface area contributed by atoms with Crippen molar-refractivity contribution in [3.8, 4) is 0 Å². The van der Waals surface area contributed by atoms with Gasteiger partial charge in [-0.15, -0.1) is 0 Å². The second kappa shape index (κ2) is 6.24. The molecule has 3 aliphatic rings. The molecule has 2 N–H and O–H groups in total. The standard InChI is InChI=1S/C17H25N3O3/c18-17(21)14-5-8-22-16(14)12-3-6-20(7-4-12)10-13-9-19-23-15(13)11-1-2-11/h9,11-12,14,16H,1-8,10H2,(H2,18,21)/t14-,16+/m0/s1. The first-order valence-electron chi connectivity index (χ1n) is 8.79. The molecule has 0 radical (unpaired) electrons. The van der Waals surface area contributed by atoms with E-state index in [1.54, 1.807) is 0 Å². The Kier molecular flexibility index (Phi) is 4.11. The lowest BCUT2D eigenvalue weighted by molar-refractivity contribution is -0.124. The predicted molar refractivity (Wildman–Crippen MR) is 83.5 cm³/mol. The number of hydrogen-bond donors (Lipinski definition) is 1. The third kappa shape index (κ3) is 3.15. The van der Waals surface area contributed by atoms with E-state index >= 15 is 0 Å². The first-order chi connectivity index (χ1) is 11.2. The summed E-state index contributed by atoms with van der Waals surface area (Å²) in [5.74, 6) is 1.87. The Morgan fingerprint density at radius 2 is 2.04 bits per heavy atom. The van der Waals surface area contributed by atoms with Crippen molar-refractivity contribution in [1.29, 1.82) is 0 Å². The average Bonchev–Trinajstić information content (AvgIpc) is 3.09. The van der Waals surface area contributed by atoms with Crippen LogP contribution in [0.15, 0.2) is 10.7 Å². The Bertz CT molecular complexity index is 561. The van der Waals surface area contributed by atoms with Crippen molar-refractivity contribution in [2.45, 2.75) is 50.7 Å². The zero-order valence-electron chi connectivity index (χ0n) is 13.4. The summed E-state index contributed by atoms with van der Waals surface area (Å²) in [6, 6.07) is 0. The van der Waals surface area contributed by atoms with Gasteiger partial charge in [0.15, 0.2) is 0 Å². The highest BCUT2D eigenvalue weighted by molar-refractivity contribution is 5.77. The number of primary amides is 1. The predicted octanol–water partition coefficient (Wildman–Crippen LogP) is 1.65. The van der Waals surface area contributed by atoms with Gasteiger partial charge in [-0.1, -0.05) is 5.16 Å². The van der Waals surface area contributed by atoms with Crippen LogP contribution in [0.1, 0.15) is 49.3 Å². The van der Waals surface area contributed by atoms with Crippen LogP contribution in [0, 0.1) is 11.8 Å². The first-order valence-corrected chi connectivity index (χ1v) is 8.79. The van der Waals surface area contributed by atoms with Crippen LogP contribution >= 0.6 is 0 Å². The van der Waals surface area contributed by atoms with Gasteiger partial charge >= 0.3 is 0 Å². The van der Waals surface area contributed by atoms with Gasteiger partial charge in [-0.3, -0.25) is 9.69 Å². The highest BCUT2D eigenvalue weighted by Crippen LogP contribution is 2.42. The SMILES string of the molecule is NC(=O)[C@H]1CCO[C@@H]1C1CCN(Cc2cnoc2C2CC2)CC1. The second-order valence-electron chi connectivity index (χ2n) is 7.24. The smallest absolute Gasteiger partial charge is 0.223 e. The third-order valence-corrected chi connectivity index (χ3v) is 5.62. The van der Waals surface area contributed by atoms with Gasteiger partial charge in [-0.2, -0.15) is 0 Å². The van der Waals surface area contributed by atoms with Crippen molar-refractivity contribution in [1.82, 2.24) is 10.1 Å². The molecule has 1 aliphatic carbocycles. The molecule has 126 valence electrons. The van der Waals surface area contributed by atoms with Crippen LogP contribution in [-0.2, 0) is 16.1 Å². The Morgan fingerprint density at radius 1 is 1.26 bits per heavy atom. The Morgan fingerprint density at radius 3 is 2.74 bits per heavy atom. The number of likely N-dealkylation sites (tertiary alicyclic amines) is 1. The van der Waals surface area contributed by atoms with E-state index in [0.29, 0.717) is 18.4 Å². The van der Waals surface area contributed by atoms with E-state index < -0.39 is 0 Å². The summed E-state index contributed by atoms with van der Waals surface area (Å²) in [7, 11) is 0. The van der Waals surface area contributed by atoms with Crippen LogP contribution in [-0.4, -0.2) is 41.8 Å². The Labute approximate surface area is 136 Å². The fraction of sp³-hybridized carbons (Fsp3) is 0.765. The van der Waals surface area contributed by atoms with Crippen molar-refractivity contribution < 1.29 is 14.1 Å². The minimum absolute atomic E-state index is 0.0345. The van der Waals surface area contributed by atoms with Crippen LogP contribution in [0.25, 0.3) is 0 Å². The van der Waals surface area contributed by atoms with Crippen LogP contribution in [0.3, 0.4) is 0 Å². The number of ether oxygens (including phenoxy) is 1. The molecule has 0 spiro atoms. The maximum atomic E-state index is 11.6. The van der Waals surface area contributed by atoms with Crippen molar-refractivity contribution >= 4 is 5.91 Å². The molecule has 2 atom stereocenters. The molecule has 3 heterocycles. The maximum Gasteiger partial charge on any atom is 0.223 e. The number of carbonyl (C=O) groups excluding carboxylic acids is 1. The molecule has 2 aliphatic heterocycles. The average molecular weight is 319 g/mol. The zero-order chi connectivity index (χ0) is 15.8. The molecule has 3 fully saturated rings. The van der Waals surface area contributed by atoms with E-state index in [9.17, 15) is 4.79 Å². The summed E-state index contributed by atoms with van der Waals surface area (Å²) in [4.78, 5) is 14.0. The summed E-state index contributed by atoms with van der Waals surface area (Å²) in [5, 5.41) is 3.98. The van der Waals surface area contributed by atoms with Crippen molar-refractivity contribution in [2.75, 3.05) is 19.7 Å². The van der Waals surface area contributed by atoms with E-state index in [1.807, 2.05) is 6.20 Å². The van der Waals surface area contributed by atoms with E-state index in [4.69, 9.17) is 15.0 Å². The van der Waals surface area contributed by atoms with Gasteiger partial charge in [-0.25, -0.2) is 0 Å². The molecule has 0 unspecified atom stereocenters. The van der Waals surface area contributed by atoms with Crippen molar-refractivity contribution in [3.05, 3.63) is 17.5 Å². The monoisotopic (exact) mass is 319 g/mol. The largest absolute Gasteiger partial charge is 0.377 e. The molecule has 1 aromatic rings. The molecule has 1 amide bonds. The maximum absolute atomic E-state index is 11.6. The van der Waals surface area contributed by atoms with Gasteiger partial charge in [0, 0.05) is 24.6 Å². The first kappa shape index (κ1) is 15.1. The number of nitrogens with two attached hydrogens (primary N) is 1. The molecular formula is C17H25N3O3. The molecule has 0 bridgehead atoms. The lowest BCUT2D eigenvalue weighted by Gasteiger charge is -2.35. The van der Waals surface area contributed by atoms with Gasteiger partial charge in [0.1, 0.15) is 5.76 Å². The van der Waals surface area contributed by atoms with Crippen LogP contribution in [0.2, 0.25) is 0 Å².